The second-order valence-corrected chi connectivity index (χ2v) is 27.4. The molecule has 0 radical (unpaired) electrons. The second-order valence-electron chi connectivity index (χ2n) is 27.4. The molecule has 6 nitrogen and oxygen atoms in total. The molecule has 86 heavy (non-hydrogen) atoms. The summed E-state index contributed by atoms with van der Waals surface area (Å²) in [4.78, 5) is 24.6. The number of carbonyl (C=O) groups excluding carboxylic acids is 2. The van der Waals surface area contributed by atoms with E-state index < -0.39 is 12.1 Å². The van der Waals surface area contributed by atoms with Gasteiger partial charge in [0.25, 0.3) is 0 Å². The average Bonchev–Trinajstić information content (AvgIpc) is 3.55. The highest BCUT2D eigenvalue weighted by Gasteiger charge is 2.20. The maximum Gasteiger partial charge on any atom is 0.305 e. The van der Waals surface area contributed by atoms with Gasteiger partial charge in [-0.1, -0.05) is 411 Å². The van der Waals surface area contributed by atoms with Crippen molar-refractivity contribution in [2.75, 3.05) is 13.2 Å². The fourth-order valence-electron chi connectivity index (χ4n) is 12.7. The van der Waals surface area contributed by atoms with Gasteiger partial charge in [-0.3, -0.25) is 9.59 Å². The van der Waals surface area contributed by atoms with Crippen LogP contribution in [0.2, 0.25) is 0 Å². The van der Waals surface area contributed by atoms with Crippen LogP contribution in [-0.4, -0.2) is 47.4 Å². The number of aliphatic hydroxyl groups is 2. The van der Waals surface area contributed by atoms with Gasteiger partial charge in [-0.25, -0.2) is 0 Å². The maximum absolute atomic E-state index is 12.6. The number of unbranched alkanes of at least 4 members (excludes halogenated alkanes) is 60. The molecule has 0 bridgehead atoms. The standard InChI is InChI=1S/C80H155NO5/c1-3-5-7-9-11-13-15-17-18-19-20-21-22-30-33-36-39-42-45-49-52-56-60-64-68-72-78(83)77(76-82)81-79(84)73-69-65-61-57-53-50-46-43-40-37-34-31-28-26-24-23-25-27-29-32-35-38-41-44-47-51-55-59-63-67-71-75-86-80(85)74-70-66-62-58-54-48-16-14-12-10-8-6-4-2/h8,10,14,16,77-78,82-83H,3-7,9,11-13,15,17-76H2,1-2H3,(H,81,84)/b10-8-,16-14-. The normalized spacial score (nSPS) is 12.6. The number of aliphatic hydroxyl groups excluding tert-OH is 2. The minimum absolute atomic E-state index is 0.00620. The van der Waals surface area contributed by atoms with Gasteiger partial charge < -0.3 is 20.3 Å². The van der Waals surface area contributed by atoms with E-state index in [9.17, 15) is 19.8 Å². The van der Waals surface area contributed by atoms with E-state index in [-0.39, 0.29) is 18.5 Å². The Kier molecular flexibility index (Phi) is 74.3. The van der Waals surface area contributed by atoms with Crippen molar-refractivity contribution in [2.45, 2.75) is 463 Å². The van der Waals surface area contributed by atoms with Gasteiger partial charge >= 0.3 is 5.97 Å². The fraction of sp³-hybridized carbons (Fsp3) is 0.925. The van der Waals surface area contributed by atoms with Gasteiger partial charge in [0.2, 0.25) is 5.91 Å². The molecule has 1 amide bonds. The molecule has 2 unspecified atom stereocenters. The number of amides is 1. The van der Waals surface area contributed by atoms with Gasteiger partial charge in [-0.05, 0) is 51.4 Å². The minimum Gasteiger partial charge on any atom is -0.466 e. The van der Waals surface area contributed by atoms with Gasteiger partial charge in [0.05, 0.1) is 25.4 Å². The Morgan fingerprint density at radius 3 is 0.930 bits per heavy atom. The Bertz CT molecular complexity index is 1350. The van der Waals surface area contributed by atoms with Crippen molar-refractivity contribution in [2.24, 2.45) is 0 Å². The molecule has 0 aromatic carbocycles. The zero-order valence-electron chi connectivity index (χ0n) is 58.6. The first kappa shape index (κ1) is 84.3. The van der Waals surface area contributed by atoms with Crippen LogP contribution >= 0.6 is 0 Å². The smallest absolute Gasteiger partial charge is 0.305 e. The molecule has 510 valence electrons. The molecule has 0 aliphatic rings. The van der Waals surface area contributed by atoms with Crippen molar-refractivity contribution in [1.82, 2.24) is 5.32 Å². The van der Waals surface area contributed by atoms with Crippen molar-refractivity contribution < 1.29 is 24.5 Å². The number of hydrogen-bond acceptors (Lipinski definition) is 5. The van der Waals surface area contributed by atoms with E-state index >= 15 is 0 Å². The van der Waals surface area contributed by atoms with E-state index in [1.54, 1.807) is 0 Å². The number of hydrogen-bond donors (Lipinski definition) is 3. The van der Waals surface area contributed by atoms with Crippen LogP contribution in [0.4, 0.5) is 0 Å². The van der Waals surface area contributed by atoms with E-state index in [0.29, 0.717) is 25.9 Å². The summed E-state index contributed by atoms with van der Waals surface area (Å²) in [7, 11) is 0. The Morgan fingerprint density at radius 2 is 0.605 bits per heavy atom. The molecule has 0 heterocycles. The zero-order valence-corrected chi connectivity index (χ0v) is 58.6. The van der Waals surface area contributed by atoms with Crippen LogP contribution in [0.5, 0.6) is 0 Å². The summed E-state index contributed by atoms with van der Waals surface area (Å²) in [5, 5.41) is 23.5. The minimum atomic E-state index is -0.663. The van der Waals surface area contributed by atoms with Crippen LogP contribution in [0.25, 0.3) is 0 Å². The molecule has 0 rings (SSSR count). The average molecular weight is 1210 g/mol. The van der Waals surface area contributed by atoms with Crippen LogP contribution in [0.3, 0.4) is 0 Å². The lowest BCUT2D eigenvalue weighted by Gasteiger charge is -2.22. The van der Waals surface area contributed by atoms with Crippen LogP contribution in [0, 0.1) is 0 Å². The third-order valence-electron chi connectivity index (χ3n) is 18.7. The lowest BCUT2D eigenvalue weighted by Crippen LogP contribution is -2.45. The molecule has 0 aliphatic carbocycles. The van der Waals surface area contributed by atoms with Gasteiger partial charge in [0.15, 0.2) is 0 Å². The first-order chi connectivity index (χ1) is 42.5. The Hall–Kier alpha value is -1.66. The molecule has 6 heteroatoms. The molecule has 0 aromatic rings. The summed E-state index contributed by atoms with van der Waals surface area (Å²) in [6.45, 7) is 4.94. The SMILES string of the molecule is CCC/C=C\C/C=C\CCCCCCCC(=O)OCCCCCCCCCCCCCCCCCCCCCCCCCCCCCCCCCC(=O)NC(CO)C(O)CCCCCCCCCCCCCCCCCCCCCCCCCCC. The van der Waals surface area contributed by atoms with Crippen molar-refractivity contribution in [3.63, 3.8) is 0 Å². The number of nitrogens with one attached hydrogen (secondary N) is 1. The van der Waals surface area contributed by atoms with Crippen LogP contribution in [0.15, 0.2) is 24.3 Å². The van der Waals surface area contributed by atoms with Crippen molar-refractivity contribution in [1.29, 1.82) is 0 Å². The van der Waals surface area contributed by atoms with E-state index in [2.05, 4.69) is 43.5 Å². The summed E-state index contributed by atoms with van der Waals surface area (Å²) >= 11 is 0. The molecule has 0 saturated carbocycles. The maximum atomic E-state index is 12.6. The van der Waals surface area contributed by atoms with Gasteiger partial charge in [-0.15, -0.1) is 0 Å². The molecule has 0 fully saturated rings. The highest BCUT2D eigenvalue weighted by molar-refractivity contribution is 5.76. The van der Waals surface area contributed by atoms with E-state index in [0.717, 1.165) is 51.4 Å². The Labute approximate surface area is 539 Å². The van der Waals surface area contributed by atoms with Gasteiger partial charge in [-0.2, -0.15) is 0 Å². The third-order valence-corrected chi connectivity index (χ3v) is 18.7. The number of ether oxygens (including phenoxy) is 1. The summed E-state index contributed by atoms with van der Waals surface area (Å²) in [5.74, 6) is -0.0186. The van der Waals surface area contributed by atoms with Gasteiger partial charge in [0.1, 0.15) is 0 Å². The molecular weight excluding hydrogens is 1050 g/mol. The first-order valence-electron chi connectivity index (χ1n) is 39.6. The van der Waals surface area contributed by atoms with Crippen LogP contribution in [-0.2, 0) is 14.3 Å². The van der Waals surface area contributed by atoms with Crippen molar-refractivity contribution in [3.05, 3.63) is 24.3 Å². The number of esters is 1. The molecule has 0 aromatic heterocycles. The van der Waals surface area contributed by atoms with E-state index in [1.807, 2.05) is 0 Å². The van der Waals surface area contributed by atoms with Crippen LogP contribution in [0.1, 0.15) is 450 Å². The molecule has 3 N–H and O–H groups in total. The summed E-state index contributed by atoms with van der Waals surface area (Å²) in [6, 6.07) is -0.540. The number of carbonyl (C=O) groups is 2. The third kappa shape index (κ3) is 71.4. The first-order valence-corrected chi connectivity index (χ1v) is 39.6. The lowest BCUT2D eigenvalue weighted by molar-refractivity contribution is -0.143. The second kappa shape index (κ2) is 75.8. The predicted octanol–water partition coefficient (Wildman–Crippen LogP) is 26.0. The summed E-state index contributed by atoms with van der Waals surface area (Å²) in [5.41, 5.74) is 0. The molecule has 0 aliphatic heterocycles. The van der Waals surface area contributed by atoms with Crippen molar-refractivity contribution in [3.8, 4) is 0 Å². The fourth-order valence-corrected chi connectivity index (χ4v) is 12.7. The Balaban J connectivity index is 3.34. The lowest BCUT2D eigenvalue weighted by atomic mass is 10.0. The highest BCUT2D eigenvalue weighted by Crippen LogP contribution is 2.20. The molecule has 0 spiro atoms. The van der Waals surface area contributed by atoms with Crippen molar-refractivity contribution >= 4 is 11.9 Å². The largest absolute Gasteiger partial charge is 0.466 e. The van der Waals surface area contributed by atoms with E-state index in [4.69, 9.17) is 4.74 Å². The molecular formula is C80H155NO5. The highest BCUT2D eigenvalue weighted by atomic mass is 16.5. The van der Waals surface area contributed by atoms with Gasteiger partial charge in [0, 0.05) is 12.8 Å². The molecule has 0 saturated heterocycles. The predicted molar refractivity (Wildman–Crippen MR) is 380 cm³/mol. The topological polar surface area (TPSA) is 95.9 Å². The van der Waals surface area contributed by atoms with E-state index in [1.165, 1.54) is 366 Å². The quantitative estimate of drug-likeness (QED) is 0.0320. The zero-order chi connectivity index (χ0) is 62.0. The monoisotopic (exact) mass is 1210 g/mol. The summed E-state index contributed by atoms with van der Waals surface area (Å²) in [6.07, 6.45) is 97.0. The number of rotatable bonds is 75. The summed E-state index contributed by atoms with van der Waals surface area (Å²) < 4.78 is 5.48. The Morgan fingerprint density at radius 1 is 0.326 bits per heavy atom. The van der Waals surface area contributed by atoms with Crippen LogP contribution < -0.4 is 5.32 Å². The molecule has 2 atom stereocenters. The number of allylic oxidation sites excluding steroid dienone is 4.